The third-order valence-electron chi connectivity index (χ3n) is 5.22. The Morgan fingerprint density at radius 3 is 2.48 bits per heavy atom. The van der Waals surface area contributed by atoms with Crippen molar-refractivity contribution in [2.24, 2.45) is 0 Å². The summed E-state index contributed by atoms with van der Waals surface area (Å²) >= 11 is 12.3. The van der Waals surface area contributed by atoms with Crippen molar-refractivity contribution in [3.8, 4) is 16.9 Å². The molecule has 3 heterocycles. The lowest BCUT2D eigenvalue weighted by molar-refractivity contribution is 0.393. The normalized spacial score (nSPS) is 11.5. The second-order valence-corrected chi connectivity index (χ2v) is 8.16. The molecular formula is C22H17Cl2N5O2. The first-order chi connectivity index (χ1) is 14.9. The number of halogens is 2. The number of hydrogen-bond acceptors (Lipinski definition) is 6. The summed E-state index contributed by atoms with van der Waals surface area (Å²) in [6.45, 7) is 4.25. The molecule has 5 aromatic rings. The number of aromatic nitrogens is 5. The summed E-state index contributed by atoms with van der Waals surface area (Å²) < 4.78 is 12.9. The fourth-order valence-corrected chi connectivity index (χ4v) is 4.47. The van der Waals surface area contributed by atoms with Crippen LogP contribution in [0.1, 0.15) is 17.0 Å². The molecule has 0 N–H and O–H groups in total. The molecule has 0 amide bonds. The highest BCUT2D eigenvalue weighted by Crippen LogP contribution is 2.38. The molecule has 3 aromatic heterocycles. The van der Waals surface area contributed by atoms with E-state index >= 15 is 0 Å². The van der Waals surface area contributed by atoms with Crippen molar-refractivity contribution in [1.29, 1.82) is 0 Å². The minimum absolute atomic E-state index is 0.462. The van der Waals surface area contributed by atoms with Crippen LogP contribution < -0.4 is 4.74 Å². The van der Waals surface area contributed by atoms with Crippen LogP contribution in [0, 0.1) is 13.8 Å². The number of hydrogen-bond donors (Lipinski definition) is 0. The molecule has 2 aromatic carbocycles. The van der Waals surface area contributed by atoms with Crippen molar-refractivity contribution in [2.75, 3.05) is 7.11 Å². The number of pyridine rings is 1. The van der Waals surface area contributed by atoms with E-state index in [1.807, 2.05) is 42.8 Å². The van der Waals surface area contributed by atoms with Crippen LogP contribution in [0.5, 0.6) is 5.75 Å². The highest BCUT2D eigenvalue weighted by atomic mass is 35.5. The topological polar surface area (TPSA) is 78.9 Å². The van der Waals surface area contributed by atoms with E-state index in [0.29, 0.717) is 27.9 Å². The van der Waals surface area contributed by atoms with E-state index in [9.17, 15) is 0 Å². The van der Waals surface area contributed by atoms with Crippen LogP contribution in [0.4, 0.5) is 0 Å². The third kappa shape index (κ3) is 3.40. The van der Waals surface area contributed by atoms with Crippen molar-refractivity contribution >= 4 is 45.1 Å². The predicted molar refractivity (Wildman–Crippen MR) is 120 cm³/mol. The lowest BCUT2D eigenvalue weighted by Gasteiger charge is -2.11. The van der Waals surface area contributed by atoms with Crippen molar-refractivity contribution < 1.29 is 9.26 Å². The maximum atomic E-state index is 6.17. The van der Waals surface area contributed by atoms with Gasteiger partial charge in [-0.1, -0.05) is 33.6 Å². The smallest absolute Gasteiger partial charge is 0.141 e. The van der Waals surface area contributed by atoms with Crippen LogP contribution >= 0.6 is 23.2 Å². The van der Waals surface area contributed by atoms with Crippen LogP contribution in [0.25, 0.3) is 33.1 Å². The summed E-state index contributed by atoms with van der Waals surface area (Å²) in [6.07, 6.45) is 1.72. The van der Waals surface area contributed by atoms with Crippen LogP contribution in [0.2, 0.25) is 10.0 Å². The molecule has 0 saturated heterocycles. The first-order valence-corrected chi connectivity index (χ1v) is 10.3. The molecule has 0 aliphatic heterocycles. The largest absolute Gasteiger partial charge is 0.496 e. The van der Waals surface area contributed by atoms with Gasteiger partial charge in [0.05, 0.1) is 36.6 Å². The maximum absolute atomic E-state index is 6.17. The molecule has 7 nitrogen and oxygen atoms in total. The van der Waals surface area contributed by atoms with E-state index < -0.39 is 0 Å². The third-order valence-corrected chi connectivity index (χ3v) is 5.65. The number of nitrogens with zero attached hydrogens (tertiary/aromatic N) is 5. The Morgan fingerprint density at radius 2 is 1.81 bits per heavy atom. The van der Waals surface area contributed by atoms with Crippen molar-refractivity contribution in [3.05, 3.63) is 63.6 Å². The highest BCUT2D eigenvalue weighted by molar-refractivity contribution is 6.34. The summed E-state index contributed by atoms with van der Waals surface area (Å²) in [5.41, 5.74) is 5.82. The first-order valence-electron chi connectivity index (χ1n) is 9.52. The molecule has 0 spiro atoms. The molecule has 5 rings (SSSR count). The van der Waals surface area contributed by atoms with Gasteiger partial charge in [0.15, 0.2) is 0 Å². The predicted octanol–water partition coefficient (Wildman–Crippen LogP) is 5.62. The van der Waals surface area contributed by atoms with E-state index in [1.165, 1.54) is 0 Å². The van der Waals surface area contributed by atoms with E-state index in [4.69, 9.17) is 32.5 Å². The van der Waals surface area contributed by atoms with Crippen molar-refractivity contribution in [3.63, 3.8) is 0 Å². The van der Waals surface area contributed by atoms with Crippen LogP contribution in [0.15, 0.2) is 41.1 Å². The Balaban J connectivity index is 1.72. The van der Waals surface area contributed by atoms with Gasteiger partial charge in [0, 0.05) is 21.0 Å². The van der Waals surface area contributed by atoms with Gasteiger partial charge in [-0.05, 0) is 49.7 Å². The summed E-state index contributed by atoms with van der Waals surface area (Å²) in [4.78, 5) is 4.60. The van der Waals surface area contributed by atoms with Crippen molar-refractivity contribution in [1.82, 2.24) is 25.1 Å². The molecule has 0 unspecified atom stereocenters. The van der Waals surface area contributed by atoms with E-state index in [0.717, 1.165) is 44.6 Å². The number of fused-ring (bicyclic) bond motifs is 3. The molecule has 9 heteroatoms. The Bertz CT molecular complexity index is 1420. The number of methoxy groups -OCH3 is 1. The fourth-order valence-electron chi connectivity index (χ4n) is 3.90. The van der Waals surface area contributed by atoms with Gasteiger partial charge in [0.2, 0.25) is 0 Å². The first kappa shape index (κ1) is 19.8. The molecule has 0 aliphatic carbocycles. The Hall–Kier alpha value is -3.16. The molecular weight excluding hydrogens is 437 g/mol. The summed E-state index contributed by atoms with van der Waals surface area (Å²) in [5.74, 6) is 1.41. The van der Waals surface area contributed by atoms with Gasteiger partial charge in [0.25, 0.3) is 0 Å². The van der Waals surface area contributed by atoms with Crippen LogP contribution in [-0.2, 0) is 6.54 Å². The number of rotatable bonds is 4. The van der Waals surface area contributed by atoms with Crippen LogP contribution in [-0.4, -0.2) is 32.2 Å². The molecule has 31 heavy (non-hydrogen) atoms. The zero-order valence-corrected chi connectivity index (χ0v) is 18.5. The van der Waals surface area contributed by atoms with Gasteiger partial charge in [-0.15, -0.1) is 5.10 Å². The molecule has 0 radical (unpaired) electrons. The molecule has 0 fully saturated rings. The number of aryl methyl sites for hydroxylation is 2. The Kier molecular flexibility index (Phi) is 4.79. The number of benzene rings is 2. The monoisotopic (exact) mass is 453 g/mol. The van der Waals surface area contributed by atoms with E-state index in [1.54, 1.807) is 19.4 Å². The van der Waals surface area contributed by atoms with Gasteiger partial charge in [-0.3, -0.25) is 4.98 Å². The second-order valence-electron chi connectivity index (χ2n) is 7.29. The fraction of sp³-hybridized carbons (Fsp3) is 0.182. The minimum Gasteiger partial charge on any atom is -0.496 e. The van der Waals surface area contributed by atoms with Crippen molar-refractivity contribution in [2.45, 2.75) is 20.4 Å². The van der Waals surface area contributed by atoms with Gasteiger partial charge in [-0.25, -0.2) is 4.68 Å². The molecule has 0 aliphatic rings. The Morgan fingerprint density at radius 1 is 1.03 bits per heavy atom. The van der Waals surface area contributed by atoms with Gasteiger partial charge in [0.1, 0.15) is 22.5 Å². The SMILES string of the molecule is COc1cc2c(cc1-c1c(C)noc1C)ncc1nnn(Cc3cc(Cl)cc(Cl)c3)c12. The molecule has 156 valence electrons. The summed E-state index contributed by atoms with van der Waals surface area (Å²) in [6, 6.07) is 9.36. The number of ether oxygens (including phenoxy) is 1. The van der Waals surface area contributed by atoms with Crippen LogP contribution in [0.3, 0.4) is 0 Å². The zero-order chi connectivity index (χ0) is 21.7. The maximum Gasteiger partial charge on any atom is 0.141 e. The lowest BCUT2D eigenvalue weighted by Crippen LogP contribution is -2.03. The molecule has 0 atom stereocenters. The molecule has 0 bridgehead atoms. The second kappa shape index (κ2) is 7.51. The highest BCUT2D eigenvalue weighted by Gasteiger charge is 2.19. The standard InChI is InChI=1S/C22H17Cl2N5O2/c1-11-21(12(2)31-27-11)17-7-18-16(8-20(17)30-3)22-19(9-25-18)26-28-29(22)10-13-4-14(23)6-15(24)5-13/h4-9H,10H2,1-3H3. The average Bonchev–Trinajstić information content (AvgIpc) is 3.29. The summed E-state index contributed by atoms with van der Waals surface area (Å²) in [7, 11) is 1.64. The van der Waals surface area contributed by atoms with E-state index in [-0.39, 0.29) is 0 Å². The van der Waals surface area contributed by atoms with Gasteiger partial charge < -0.3 is 9.26 Å². The summed E-state index contributed by atoms with van der Waals surface area (Å²) in [5, 5.41) is 14.7. The van der Waals surface area contributed by atoms with Gasteiger partial charge in [-0.2, -0.15) is 0 Å². The average molecular weight is 454 g/mol. The van der Waals surface area contributed by atoms with E-state index in [2.05, 4.69) is 20.5 Å². The quantitative estimate of drug-likeness (QED) is 0.351. The minimum atomic E-state index is 0.462. The zero-order valence-electron chi connectivity index (χ0n) is 17.0. The molecule has 0 saturated carbocycles. The Labute approximate surface area is 187 Å². The van der Waals surface area contributed by atoms with Gasteiger partial charge >= 0.3 is 0 Å². The lowest BCUT2D eigenvalue weighted by atomic mass is 10.0.